The predicted molar refractivity (Wildman–Crippen MR) is 139 cm³/mol. The van der Waals surface area contributed by atoms with Gasteiger partial charge in [-0.05, 0) is 30.3 Å². The predicted octanol–water partition coefficient (Wildman–Crippen LogP) is 8.45. The Balaban J connectivity index is 1.80. The molecule has 0 atom stereocenters. The van der Waals surface area contributed by atoms with Crippen molar-refractivity contribution in [3.63, 3.8) is 0 Å². The maximum atomic E-state index is 6.60. The van der Waals surface area contributed by atoms with Crippen LogP contribution in [0.4, 0.5) is 0 Å². The van der Waals surface area contributed by atoms with Crippen molar-refractivity contribution in [3.05, 3.63) is 97.2 Å². The summed E-state index contributed by atoms with van der Waals surface area (Å²) < 4.78 is 11.5. The molecular weight excluding hydrogens is 424 g/mol. The minimum atomic E-state index is 0.913. The highest BCUT2D eigenvalue weighted by Gasteiger charge is 2.25. The number of aromatic nitrogens is 2. The van der Waals surface area contributed by atoms with Crippen LogP contribution in [0.1, 0.15) is 0 Å². The van der Waals surface area contributed by atoms with Crippen LogP contribution in [0.25, 0.3) is 69.7 Å². The number of hydrogen-bond donors (Lipinski definition) is 0. The van der Waals surface area contributed by atoms with E-state index in [1.807, 2.05) is 35.7 Å². The van der Waals surface area contributed by atoms with E-state index >= 15 is 0 Å². The molecule has 0 spiro atoms. The number of pyridine rings is 1. The molecule has 0 aliphatic heterocycles. The van der Waals surface area contributed by atoms with Gasteiger partial charge in [0.2, 0.25) is 0 Å². The smallest absolute Gasteiger partial charge is 0.146 e. The quantitative estimate of drug-likeness (QED) is 0.256. The van der Waals surface area contributed by atoms with Gasteiger partial charge in [0, 0.05) is 42.5 Å². The van der Waals surface area contributed by atoms with Gasteiger partial charge in [-0.25, -0.2) is 4.98 Å². The number of thiophene rings is 1. The van der Waals surface area contributed by atoms with Gasteiger partial charge in [0.15, 0.2) is 0 Å². The Kier molecular flexibility index (Phi) is 3.28. The number of para-hydroxylation sites is 2. The summed E-state index contributed by atoms with van der Waals surface area (Å²) >= 11 is 1.85. The third kappa shape index (κ3) is 2.16. The largest absolute Gasteiger partial charge is 0.455 e. The van der Waals surface area contributed by atoms with E-state index in [9.17, 15) is 0 Å². The summed E-state index contributed by atoms with van der Waals surface area (Å²) in [5, 5.41) is 7.25. The van der Waals surface area contributed by atoms with Crippen molar-refractivity contribution in [2.24, 2.45) is 0 Å². The standard InChI is InChI=1S/C29H16N2OS/c1-4-12-20-17(9-1)24-27(31(20)23-15-7-8-16-30-23)25-19-11-3-6-14-22(19)33-29(25)26-18-10-2-5-13-21(18)32-28(24)26/h1-16H. The van der Waals surface area contributed by atoms with E-state index in [-0.39, 0.29) is 0 Å². The van der Waals surface area contributed by atoms with Crippen LogP contribution in [0.2, 0.25) is 0 Å². The fraction of sp³-hybridized carbons (Fsp3) is 0. The molecule has 0 aliphatic rings. The fourth-order valence-electron chi connectivity index (χ4n) is 5.33. The SMILES string of the molecule is c1ccc(-n2c3ccccc3c3c4oc5ccccc5c4c4sc5ccccc5c4c32)nc1. The van der Waals surface area contributed by atoms with E-state index in [1.54, 1.807) is 0 Å². The summed E-state index contributed by atoms with van der Waals surface area (Å²) in [4.78, 5) is 4.75. The molecule has 0 radical (unpaired) electrons. The Bertz CT molecular complexity index is 2000. The summed E-state index contributed by atoms with van der Waals surface area (Å²) in [6.45, 7) is 0. The van der Waals surface area contributed by atoms with Crippen LogP contribution < -0.4 is 0 Å². The first-order valence-electron chi connectivity index (χ1n) is 11.0. The molecule has 0 fully saturated rings. The Morgan fingerprint density at radius 3 is 2.30 bits per heavy atom. The Morgan fingerprint density at radius 2 is 1.42 bits per heavy atom. The number of hydrogen-bond acceptors (Lipinski definition) is 3. The van der Waals surface area contributed by atoms with Crippen molar-refractivity contribution < 1.29 is 4.42 Å². The highest BCUT2D eigenvalue weighted by molar-refractivity contribution is 7.27. The zero-order valence-corrected chi connectivity index (χ0v) is 18.3. The summed E-state index contributed by atoms with van der Waals surface area (Å²) in [6, 6.07) is 31.8. The van der Waals surface area contributed by atoms with Crippen molar-refractivity contribution in [2.75, 3.05) is 0 Å². The topological polar surface area (TPSA) is 31.0 Å². The molecule has 0 unspecified atom stereocenters. The molecule has 4 aromatic carbocycles. The van der Waals surface area contributed by atoms with Gasteiger partial charge in [-0.3, -0.25) is 4.57 Å². The second-order valence-corrected chi connectivity index (χ2v) is 9.42. The van der Waals surface area contributed by atoms with E-state index in [0.29, 0.717) is 0 Å². The van der Waals surface area contributed by atoms with E-state index in [0.717, 1.165) is 33.4 Å². The lowest BCUT2D eigenvalue weighted by molar-refractivity contribution is 0.673. The van der Waals surface area contributed by atoms with Gasteiger partial charge in [-0.1, -0.05) is 60.7 Å². The molecule has 4 heterocycles. The van der Waals surface area contributed by atoms with Crippen LogP contribution in [-0.2, 0) is 0 Å². The van der Waals surface area contributed by atoms with Gasteiger partial charge in [0.25, 0.3) is 0 Å². The monoisotopic (exact) mass is 440 g/mol. The van der Waals surface area contributed by atoms with E-state index < -0.39 is 0 Å². The van der Waals surface area contributed by atoms with Crippen molar-refractivity contribution in [2.45, 2.75) is 0 Å². The highest BCUT2D eigenvalue weighted by Crippen LogP contribution is 2.50. The Labute approximate surface area is 192 Å². The molecule has 8 aromatic rings. The molecule has 0 saturated carbocycles. The van der Waals surface area contributed by atoms with Crippen molar-refractivity contribution in [3.8, 4) is 5.82 Å². The van der Waals surface area contributed by atoms with Crippen molar-refractivity contribution in [1.29, 1.82) is 0 Å². The van der Waals surface area contributed by atoms with E-state index in [4.69, 9.17) is 9.40 Å². The number of fused-ring (bicyclic) bond motifs is 12. The third-order valence-corrected chi connectivity index (χ3v) is 7.82. The molecular formula is C29H16N2OS. The minimum Gasteiger partial charge on any atom is -0.455 e. The van der Waals surface area contributed by atoms with Gasteiger partial charge in [0.05, 0.1) is 16.4 Å². The number of benzene rings is 4. The molecule has 8 rings (SSSR count). The summed E-state index contributed by atoms with van der Waals surface area (Å²) in [5.41, 5.74) is 4.18. The normalized spacial score (nSPS) is 12.2. The number of furan rings is 1. The second-order valence-electron chi connectivity index (χ2n) is 8.37. The molecule has 3 nitrogen and oxygen atoms in total. The molecule has 4 aromatic heterocycles. The molecule has 4 heteroatoms. The van der Waals surface area contributed by atoms with Crippen LogP contribution in [0.15, 0.2) is 102 Å². The summed E-state index contributed by atoms with van der Waals surface area (Å²) in [5.74, 6) is 0.913. The molecule has 0 bridgehead atoms. The summed E-state index contributed by atoms with van der Waals surface area (Å²) in [7, 11) is 0. The summed E-state index contributed by atoms with van der Waals surface area (Å²) in [6.07, 6.45) is 1.86. The first-order valence-corrected chi connectivity index (χ1v) is 11.8. The first kappa shape index (κ1) is 17.4. The van der Waals surface area contributed by atoms with Crippen LogP contribution in [0.3, 0.4) is 0 Å². The second kappa shape index (κ2) is 6.21. The van der Waals surface area contributed by atoms with E-state index in [1.165, 1.54) is 36.3 Å². The lowest BCUT2D eigenvalue weighted by atomic mass is 10.0. The zero-order valence-electron chi connectivity index (χ0n) is 17.4. The fourth-order valence-corrected chi connectivity index (χ4v) is 6.59. The van der Waals surface area contributed by atoms with Crippen molar-refractivity contribution in [1.82, 2.24) is 9.55 Å². The molecule has 33 heavy (non-hydrogen) atoms. The molecule has 154 valence electrons. The van der Waals surface area contributed by atoms with Crippen LogP contribution in [0.5, 0.6) is 0 Å². The Hall–Kier alpha value is -4.15. The van der Waals surface area contributed by atoms with Gasteiger partial charge < -0.3 is 4.42 Å². The maximum Gasteiger partial charge on any atom is 0.146 e. The average molecular weight is 441 g/mol. The molecule has 0 amide bonds. The molecule has 0 aliphatic carbocycles. The third-order valence-electron chi connectivity index (χ3n) is 6.63. The highest BCUT2D eigenvalue weighted by atomic mass is 32.1. The maximum absolute atomic E-state index is 6.60. The number of nitrogens with zero attached hydrogens (tertiary/aromatic N) is 2. The zero-order chi connectivity index (χ0) is 21.5. The van der Waals surface area contributed by atoms with Gasteiger partial charge in [-0.15, -0.1) is 11.3 Å². The average Bonchev–Trinajstić information content (AvgIpc) is 3.53. The minimum absolute atomic E-state index is 0.913. The van der Waals surface area contributed by atoms with Gasteiger partial charge >= 0.3 is 0 Å². The van der Waals surface area contributed by atoms with Crippen LogP contribution >= 0.6 is 11.3 Å². The first-order chi connectivity index (χ1) is 16.4. The van der Waals surface area contributed by atoms with E-state index in [2.05, 4.69) is 77.4 Å². The number of rotatable bonds is 1. The van der Waals surface area contributed by atoms with Crippen molar-refractivity contribution >= 4 is 75.3 Å². The Morgan fingerprint density at radius 1 is 0.667 bits per heavy atom. The van der Waals surface area contributed by atoms with Crippen LogP contribution in [-0.4, -0.2) is 9.55 Å². The molecule has 0 saturated heterocycles. The van der Waals surface area contributed by atoms with Gasteiger partial charge in [-0.2, -0.15) is 0 Å². The van der Waals surface area contributed by atoms with Crippen LogP contribution in [0, 0.1) is 0 Å². The lowest BCUT2D eigenvalue weighted by Gasteiger charge is -2.08. The lowest BCUT2D eigenvalue weighted by Crippen LogP contribution is -1.96. The van der Waals surface area contributed by atoms with Gasteiger partial charge in [0.1, 0.15) is 17.0 Å². The molecule has 0 N–H and O–H groups in total.